The fraction of sp³-hybridized carbons (Fsp3) is 0.400. The molecule has 0 spiro atoms. The van der Waals surface area contributed by atoms with Gasteiger partial charge in [0.25, 0.3) is 0 Å². The van der Waals surface area contributed by atoms with Crippen molar-refractivity contribution < 1.29 is 9.53 Å². The molecular formula is C20H22ClN7O2. The Morgan fingerprint density at radius 1 is 1.27 bits per heavy atom. The molecule has 0 radical (unpaired) electrons. The van der Waals surface area contributed by atoms with Gasteiger partial charge in [0.2, 0.25) is 11.9 Å². The number of aryl methyl sites for hydroxylation is 2. The van der Waals surface area contributed by atoms with Crippen LogP contribution in [0, 0.1) is 6.92 Å². The number of amides is 1. The van der Waals surface area contributed by atoms with Gasteiger partial charge in [-0.1, -0.05) is 11.6 Å². The van der Waals surface area contributed by atoms with E-state index in [1.54, 1.807) is 22.0 Å². The van der Waals surface area contributed by atoms with E-state index in [1.807, 2.05) is 19.2 Å². The second kappa shape index (κ2) is 7.73. The van der Waals surface area contributed by atoms with Gasteiger partial charge in [-0.25, -0.2) is 9.97 Å². The van der Waals surface area contributed by atoms with Gasteiger partial charge in [-0.2, -0.15) is 5.10 Å². The lowest BCUT2D eigenvalue weighted by atomic mass is 10.0. The van der Waals surface area contributed by atoms with Gasteiger partial charge in [0, 0.05) is 37.6 Å². The van der Waals surface area contributed by atoms with E-state index in [-0.39, 0.29) is 12.5 Å². The van der Waals surface area contributed by atoms with Crippen molar-refractivity contribution in [3.8, 4) is 11.4 Å². The molecule has 2 aliphatic heterocycles. The second-order valence-corrected chi connectivity index (χ2v) is 7.90. The quantitative estimate of drug-likeness (QED) is 0.686. The molecule has 2 aliphatic rings. The molecule has 0 aromatic carbocycles. The maximum atomic E-state index is 12.4. The molecule has 9 nitrogen and oxygen atoms in total. The highest BCUT2D eigenvalue weighted by atomic mass is 35.5. The van der Waals surface area contributed by atoms with E-state index in [0.29, 0.717) is 32.3 Å². The van der Waals surface area contributed by atoms with E-state index in [0.717, 1.165) is 46.3 Å². The van der Waals surface area contributed by atoms with Gasteiger partial charge in [-0.05, 0) is 25.0 Å². The minimum atomic E-state index is 0.0334. The first kappa shape index (κ1) is 19.1. The molecule has 5 heterocycles. The molecule has 5 rings (SSSR count). The van der Waals surface area contributed by atoms with Crippen LogP contribution in [0.5, 0.6) is 0 Å². The summed E-state index contributed by atoms with van der Waals surface area (Å²) in [6.07, 6.45) is 6.16. The van der Waals surface area contributed by atoms with E-state index < -0.39 is 0 Å². The van der Waals surface area contributed by atoms with Crippen LogP contribution in [0.1, 0.15) is 11.1 Å². The number of hydrogen-bond donors (Lipinski definition) is 1. The van der Waals surface area contributed by atoms with E-state index in [4.69, 9.17) is 21.3 Å². The number of nitrogens with zero attached hydrogens (tertiary/aromatic N) is 6. The average molecular weight is 428 g/mol. The maximum Gasteiger partial charge on any atom is 0.244 e. The third-order valence-electron chi connectivity index (χ3n) is 5.48. The van der Waals surface area contributed by atoms with Crippen molar-refractivity contribution in [2.75, 3.05) is 31.6 Å². The number of carbonyl (C=O) groups is 1. The number of aromatic nitrogens is 5. The second-order valence-electron chi connectivity index (χ2n) is 7.51. The topological polar surface area (TPSA) is 90.1 Å². The van der Waals surface area contributed by atoms with Crippen LogP contribution < -0.4 is 5.32 Å². The standard InChI is InChI=1S/C20H22ClN7O2/c1-13-8-16(21)28-3-2-14-9-22-20(25-18(14)19(13)28)24-15-10-23-27(11-15)12-17(29)26-4-6-30-7-5-26/h8-11H,2-7,12H2,1H3,(H,22,24,25). The molecule has 1 amide bonds. The molecule has 1 N–H and O–H groups in total. The van der Waals surface area contributed by atoms with E-state index in [1.165, 1.54) is 0 Å². The van der Waals surface area contributed by atoms with E-state index >= 15 is 0 Å². The van der Waals surface area contributed by atoms with Crippen LogP contribution in [0.4, 0.5) is 11.6 Å². The van der Waals surface area contributed by atoms with Crippen molar-refractivity contribution in [1.82, 2.24) is 29.2 Å². The minimum Gasteiger partial charge on any atom is -0.378 e. The molecular weight excluding hydrogens is 406 g/mol. The molecule has 30 heavy (non-hydrogen) atoms. The Hall–Kier alpha value is -2.91. The van der Waals surface area contributed by atoms with Gasteiger partial charge in [-0.3, -0.25) is 9.48 Å². The van der Waals surface area contributed by atoms with Crippen LogP contribution in [-0.4, -0.2) is 61.4 Å². The third-order valence-corrected chi connectivity index (χ3v) is 5.79. The van der Waals surface area contributed by atoms with Crippen LogP contribution in [0.25, 0.3) is 11.4 Å². The number of halogens is 1. The Labute approximate surface area is 178 Å². The molecule has 10 heteroatoms. The molecule has 3 aromatic rings. The summed E-state index contributed by atoms with van der Waals surface area (Å²) in [4.78, 5) is 23.4. The van der Waals surface area contributed by atoms with Crippen LogP contribution in [0.15, 0.2) is 24.7 Å². The van der Waals surface area contributed by atoms with Gasteiger partial charge in [0.15, 0.2) is 0 Å². The number of rotatable bonds is 4. The summed E-state index contributed by atoms with van der Waals surface area (Å²) in [6.45, 7) is 5.48. The summed E-state index contributed by atoms with van der Waals surface area (Å²) in [7, 11) is 0. The first-order chi connectivity index (χ1) is 14.6. The van der Waals surface area contributed by atoms with Gasteiger partial charge >= 0.3 is 0 Å². The number of morpholine rings is 1. The molecule has 0 atom stereocenters. The first-order valence-corrected chi connectivity index (χ1v) is 10.3. The zero-order valence-electron chi connectivity index (χ0n) is 16.6. The number of fused-ring (bicyclic) bond motifs is 3. The number of carbonyl (C=O) groups excluding carboxylic acids is 1. The summed E-state index contributed by atoms with van der Waals surface area (Å²) < 4.78 is 9.00. The van der Waals surface area contributed by atoms with Crippen molar-refractivity contribution in [3.63, 3.8) is 0 Å². The molecule has 156 valence electrons. The number of nitrogens with one attached hydrogen (secondary N) is 1. The Morgan fingerprint density at radius 2 is 2.10 bits per heavy atom. The zero-order chi connectivity index (χ0) is 20.7. The highest BCUT2D eigenvalue weighted by molar-refractivity contribution is 6.30. The molecule has 0 bridgehead atoms. The normalized spacial score (nSPS) is 15.6. The first-order valence-electron chi connectivity index (χ1n) is 9.95. The van der Waals surface area contributed by atoms with E-state index in [2.05, 4.69) is 20.0 Å². The van der Waals surface area contributed by atoms with E-state index in [9.17, 15) is 4.79 Å². The van der Waals surface area contributed by atoms with Gasteiger partial charge in [0.1, 0.15) is 11.7 Å². The SMILES string of the molecule is Cc1cc(Cl)n2c1-c1nc(Nc3cnn(CC(=O)N4CCOCC4)c3)ncc1CC2. The maximum absolute atomic E-state index is 12.4. The minimum absolute atomic E-state index is 0.0334. The predicted molar refractivity (Wildman–Crippen MR) is 112 cm³/mol. The van der Waals surface area contributed by atoms with Gasteiger partial charge < -0.3 is 19.5 Å². The van der Waals surface area contributed by atoms with Crippen molar-refractivity contribution in [1.29, 1.82) is 0 Å². The summed E-state index contributed by atoms with van der Waals surface area (Å²) in [5, 5.41) is 8.21. The largest absolute Gasteiger partial charge is 0.378 e. The highest BCUT2D eigenvalue weighted by Gasteiger charge is 2.23. The van der Waals surface area contributed by atoms with Gasteiger partial charge in [-0.15, -0.1) is 0 Å². The Morgan fingerprint density at radius 3 is 2.93 bits per heavy atom. The average Bonchev–Trinajstić information content (AvgIpc) is 3.31. The lowest BCUT2D eigenvalue weighted by Gasteiger charge is -2.26. The number of ether oxygens (including phenoxy) is 1. The summed E-state index contributed by atoms with van der Waals surface area (Å²) in [5.41, 5.74) is 4.87. The Bertz CT molecular complexity index is 1100. The number of anilines is 2. The number of hydrogen-bond acceptors (Lipinski definition) is 6. The lowest BCUT2D eigenvalue weighted by molar-refractivity contribution is -0.136. The van der Waals surface area contributed by atoms with Crippen LogP contribution >= 0.6 is 11.6 Å². The Balaban J connectivity index is 1.32. The molecule has 3 aromatic heterocycles. The van der Waals surface area contributed by atoms with Crippen LogP contribution in [0.3, 0.4) is 0 Å². The third kappa shape index (κ3) is 3.54. The monoisotopic (exact) mass is 427 g/mol. The molecule has 0 saturated carbocycles. The molecule has 0 aliphatic carbocycles. The van der Waals surface area contributed by atoms with Crippen molar-refractivity contribution in [2.45, 2.75) is 26.4 Å². The summed E-state index contributed by atoms with van der Waals surface area (Å²) in [5.74, 6) is 0.518. The van der Waals surface area contributed by atoms with Crippen LogP contribution in [-0.2, 0) is 29.0 Å². The highest BCUT2D eigenvalue weighted by Crippen LogP contribution is 2.35. The molecule has 0 unspecified atom stereocenters. The van der Waals surface area contributed by atoms with Crippen molar-refractivity contribution >= 4 is 29.1 Å². The van der Waals surface area contributed by atoms with Crippen molar-refractivity contribution in [2.24, 2.45) is 0 Å². The summed E-state index contributed by atoms with van der Waals surface area (Å²) >= 11 is 6.35. The fourth-order valence-corrected chi connectivity index (χ4v) is 4.29. The lowest BCUT2D eigenvalue weighted by Crippen LogP contribution is -2.42. The fourth-order valence-electron chi connectivity index (χ4n) is 3.96. The van der Waals surface area contributed by atoms with Crippen molar-refractivity contribution in [3.05, 3.63) is 40.9 Å². The Kier molecular flexibility index (Phi) is 4.92. The van der Waals surface area contributed by atoms with Gasteiger partial charge in [0.05, 0.1) is 36.5 Å². The predicted octanol–water partition coefficient (Wildman–Crippen LogP) is 2.26. The summed E-state index contributed by atoms with van der Waals surface area (Å²) in [6, 6.07) is 1.97. The smallest absolute Gasteiger partial charge is 0.244 e. The molecule has 1 fully saturated rings. The zero-order valence-corrected chi connectivity index (χ0v) is 17.4. The van der Waals surface area contributed by atoms with Crippen LogP contribution in [0.2, 0.25) is 5.15 Å². The molecule has 1 saturated heterocycles.